The lowest BCUT2D eigenvalue weighted by Gasteiger charge is -2.14. The van der Waals surface area contributed by atoms with E-state index in [1.54, 1.807) is 26.0 Å². The number of rotatable bonds is 7. The molecule has 0 fully saturated rings. The Bertz CT molecular complexity index is 1480. The van der Waals surface area contributed by atoms with Crippen molar-refractivity contribution in [3.05, 3.63) is 53.6 Å². The van der Waals surface area contributed by atoms with Gasteiger partial charge in [0.1, 0.15) is 22.2 Å². The molecule has 0 saturated heterocycles. The summed E-state index contributed by atoms with van der Waals surface area (Å²) in [6.07, 6.45) is 4.47. The normalized spacial score (nSPS) is 11.8. The number of nitrogens with one attached hydrogen (secondary N) is 4. The van der Waals surface area contributed by atoms with Gasteiger partial charge >= 0.3 is 0 Å². The highest BCUT2D eigenvalue weighted by atomic mass is 32.1. The van der Waals surface area contributed by atoms with Crippen LogP contribution in [0.25, 0.3) is 10.9 Å². The zero-order valence-corrected chi connectivity index (χ0v) is 20.5. The molecule has 4 rings (SSSR count). The molecule has 0 saturated carbocycles. The fourth-order valence-electron chi connectivity index (χ4n) is 3.61. The van der Waals surface area contributed by atoms with Crippen LogP contribution in [-0.2, 0) is 4.79 Å². The molecular formula is C23H24N8O4S. The molecule has 12 nitrogen and oxygen atoms in total. The molecular weight excluding hydrogens is 484 g/mol. The molecule has 1 atom stereocenters. The number of aromatic hydroxyl groups is 1. The third-order valence-electron chi connectivity index (χ3n) is 5.21. The number of aryl methyl sites for hydroxylation is 1. The first-order chi connectivity index (χ1) is 17.2. The molecule has 0 aliphatic rings. The molecule has 0 aromatic carbocycles. The summed E-state index contributed by atoms with van der Waals surface area (Å²) >= 11 is 0.945. The zero-order chi connectivity index (χ0) is 26.0. The van der Waals surface area contributed by atoms with Crippen molar-refractivity contribution >= 4 is 56.6 Å². The van der Waals surface area contributed by atoms with Gasteiger partial charge < -0.3 is 26.2 Å². The van der Waals surface area contributed by atoms with Crippen LogP contribution >= 0.6 is 11.5 Å². The average Bonchev–Trinajstić information content (AvgIpc) is 3.36. The van der Waals surface area contributed by atoms with Gasteiger partial charge in [-0.3, -0.25) is 24.5 Å². The fourth-order valence-corrected chi connectivity index (χ4v) is 4.32. The number of carbonyl (C=O) groups excluding carboxylic acids is 2. The standard InChI is InChI=1S/C23H24N8O4S/c1-11(10-32)27-20(24)19-21(34)30-36-22(19)29-16-5-15(7-25-8-16)23(35)31-12(2)4-14-6-18(28-13(3)33)26-9-17(14)31/h4-9,11,29,32H,10H2,1-3H3,(H2,24,27)(H,30,34)(H,26,28,33). The van der Waals surface area contributed by atoms with E-state index >= 15 is 0 Å². The zero-order valence-electron chi connectivity index (χ0n) is 19.7. The number of nitrogens with zero attached hydrogens (tertiary/aromatic N) is 4. The molecule has 13 heteroatoms. The van der Waals surface area contributed by atoms with E-state index in [1.165, 1.54) is 30.1 Å². The van der Waals surface area contributed by atoms with Crippen molar-refractivity contribution in [3.8, 4) is 5.88 Å². The maximum absolute atomic E-state index is 13.4. The van der Waals surface area contributed by atoms with E-state index in [0.29, 0.717) is 33.3 Å². The summed E-state index contributed by atoms with van der Waals surface area (Å²) in [7, 11) is 0. The van der Waals surface area contributed by atoms with E-state index in [0.717, 1.165) is 16.9 Å². The van der Waals surface area contributed by atoms with Gasteiger partial charge in [0.25, 0.3) is 5.91 Å². The van der Waals surface area contributed by atoms with E-state index in [-0.39, 0.29) is 35.7 Å². The van der Waals surface area contributed by atoms with Crippen LogP contribution in [0.3, 0.4) is 0 Å². The molecule has 0 radical (unpaired) electrons. The van der Waals surface area contributed by atoms with Gasteiger partial charge in [-0.2, -0.15) is 4.37 Å². The van der Waals surface area contributed by atoms with Crippen molar-refractivity contribution < 1.29 is 19.8 Å². The van der Waals surface area contributed by atoms with Crippen LogP contribution < -0.4 is 16.0 Å². The molecule has 4 heterocycles. The summed E-state index contributed by atoms with van der Waals surface area (Å²) in [6, 6.07) is 4.74. The van der Waals surface area contributed by atoms with Crippen LogP contribution in [0.5, 0.6) is 5.88 Å². The van der Waals surface area contributed by atoms with Gasteiger partial charge in [0.05, 0.1) is 35.8 Å². The first-order valence-electron chi connectivity index (χ1n) is 10.8. The molecule has 1 amide bonds. The lowest BCUT2D eigenvalue weighted by atomic mass is 10.2. The maximum Gasteiger partial charge on any atom is 0.264 e. The summed E-state index contributed by atoms with van der Waals surface area (Å²) < 4.78 is 5.42. The summed E-state index contributed by atoms with van der Waals surface area (Å²) in [6.45, 7) is 4.70. The second-order valence-corrected chi connectivity index (χ2v) is 8.91. The first-order valence-corrected chi connectivity index (χ1v) is 11.6. The Hall–Kier alpha value is -4.36. The predicted molar refractivity (Wildman–Crippen MR) is 136 cm³/mol. The molecule has 4 aromatic heterocycles. The minimum absolute atomic E-state index is 0.106. The molecule has 0 aliphatic carbocycles. The van der Waals surface area contributed by atoms with Crippen LogP contribution in [0.15, 0.2) is 36.8 Å². The smallest absolute Gasteiger partial charge is 0.264 e. The van der Waals surface area contributed by atoms with Crippen molar-refractivity contribution in [3.63, 3.8) is 0 Å². The van der Waals surface area contributed by atoms with Crippen LogP contribution in [0.2, 0.25) is 0 Å². The monoisotopic (exact) mass is 508 g/mol. The van der Waals surface area contributed by atoms with Crippen molar-refractivity contribution in [2.45, 2.75) is 26.8 Å². The number of carbonyl (C=O) groups is 2. The van der Waals surface area contributed by atoms with E-state index in [1.807, 2.05) is 6.07 Å². The van der Waals surface area contributed by atoms with E-state index in [9.17, 15) is 19.8 Å². The third-order valence-corrected chi connectivity index (χ3v) is 5.96. The van der Waals surface area contributed by atoms with Crippen molar-refractivity contribution in [2.75, 3.05) is 17.2 Å². The van der Waals surface area contributed by atoms with E-state index in [4.69, 9.17) is 5.41 Å². The van der Waals surface area contributed by atoms with Gasteiger partial charge in [0.15, 0.2) is 0 Å². The molecule has 0 spiro atoms. The highest BCUT2D eigenvalue weighted by Crippen LogP contribution is 2.32. The second-order valence-electron chi connectivity index (χ2n) is 8.14. The fraction of sp³-hybridized carbons (Fsp3) is 0.217. The Kier molecular flexibility index (Phi) is 6.94. The SMILES string of the molecule is CC(=O)Nc1cc2cc(C)n(C(=O)c3cncc(Nc4snc(O)c4C(=N)NC(C)CO)c3)c2cn1. The maximum atomic E-state index is 13.4. The van der Waals surface area contributed by atoms with Gasteiger partial charge in [0.2, 0.25) is 11.8 Å². The molecule has 6 N–H and O–H groups in total. The van der Waals surface area contributed by atoms with Gasteiger partial charge in [-0.05, 0) is 43.6 Å². The molecule has 186 valence electrons. The first kappa shape index (κ1) is 24.8. The number of amides is 1. The quantitative estimate of drug-likeness (QED) is 0.162. The van der Waals surface area contributed by atoms with Gasteiger partial charge in [-0.25, -0.2) is 4.98 Å². The summed E-state index contributed by atoms with van der Waals surface area (Å²) in [5, 5.41) is 37.2. The van der Waals surface area contributed by atoms with Gasteiger partial charge in [-0.15, -0.1) is 0 Å². The van der Waals surface area contributed by atoms with Crippen molar-refractivity contribution in [1.29, 1.82) is 5.41 Å². The second kappa shape index (κ2) is 10.1. The predicted octanol–water partition coefficient (Wildman–Crippen LogP) is 2.59. The molecule has 0 aliphatic heterocycles. The van der Waals surface area contributed by atoms with Crippen LogP contribution in [0.4, 0.5) is 16.5 Å². The highest BCUT2D eigenvalue weighted by molar-refractivity contribution is 7.11. The van der Waals surface area contributed by atoms with Gasteiger partial charge in [-0.1, -0.05) is 0 Å². The summed E-state index contributed by atoms with van der Waals surface area (Å²) in [4.78, 5) is 33.1. The number of amidine groups is 1. The van der Waals surface area contributed by atoms with E-state index < -0.39 is 6.04 Å². The average molecular weight is 509 g/mol. The highest BCUT2D eigenvalue weighted by Gasteiger charge is 2.21. The van der Waals surface area contributed by atoms with Crippen LogP contribution in [0.1, 0.15) is 35.5 Å². The number of anilines is 3. The summed E-state index contributed by atoms with van der Waals surface area (Å²) in [5.74, 6) is -0.608. The number of hydrogen-bond donors (Lipinski definition) is 6. The number of hydrogen-bond acceptors (Lipinski definition) is 10. The Morgan fingerprint density at radius 3 is 2.72 bits per heavy atom. The Morgan fingerprint density at radius 1 is 1.22 bits per heavy atom. The van der Waals surface area contributed by atoms with Crippen LogP contribution in [-0.4, -0.2) is 59.4 Å². The van der Waals surface area contributed by atoms with Crippen molar-refractivity contribution in [2.24, 2.45) is 0 Å². The minimum Gasteiger partial charge on any atom is -0.492 e. The molecule has 4 aromatic rings. The minimum atomic E-state index is -0.393. The third kappa shape index (κ3) is 5.01. The number of fused-ring (bicyclic) bond motifs is 1. The lowest BCUT2D eigenvalue weighted by molar-refractivity contribution is -0.114. The van der Waals surface area contributed by atoms with Crippen LogP contribution in [0, 0.1) is 12.3 Å². The lowest BCUT2D eigenvalue weighted by Crippen LogP contribution is -2.35. The van der Waals surface area contributed by atoms with E-state index in [2.05, 4.69) is 30.3 Å². The number of aliphatic hydroxyl groups excluding tert-OH is 1. The number of aliphatic hydroxyl groups is 1. The topological polar surface area (TPSA) is 178 Å². The molecule has 1 unspecified atom stereocenters. The Morgan fingerprint density at radius 2 is 2.00 bits per heavy atom. The Balaban J connectivity index is 1.62. The number of pyridine rings is 2. The molecule has 0 bridgehead atoms. The number of aromatic nitrogens is 4. The largest absolute Gasteiger partial charge is 0.492 e. The van der Waals surface area contributed by atoms with Crippen molar-refractivity contribution in [1.82, 2.24) is 24.2 Å². The van der Waals surface area contributed by atoms with Gasteiger partial charge in [0, 0.05) is 30.2 Å². The Labute approximate surface area is 209 Å². The molecule has 36 heavy (non-hydrogen) atoms. The summed E-state index contributed by atoms with van der Waals surface area (Å²) in [5.41, 5.74) is 2.16.